The highest BCUT2D eigenvalue weighted by atomic mass is 19.4. The number of rotatable bonds is 9. The average molecular weight is 577 g/mol. The quantitative estimate of drug-likeness (QED) is 0.258. The molecule has 2 aliphatic heterocycles. The number of imide groups is 1. The Kier molecular flexibility index (Phi) is 11.3. The van der Waals surface area contributed by atoms with Gasteiger partial charge < -0.3 is 35.4 Å². The summed E-state index contributed by atoms with van der Waals surface area (Å²) in [6.45, 7) is 2.91. The number of carbonyl (C=O) groups is 4. The van der Waals surface area contributed by atoms with E-state index in [1.165, 1.54) is 6.07 Å². The number of aliphatic hydroxyl groups is 2. The fourth-order valence-corrected chi connectivity index (χ4v) is 3.83. The zero-order valence-electron chi connectivity index (χ0n) is 21.5. The van der Waals surface area contributed by atoms with E-state index in [4.69, 9.17) is 14.9 Å². The lowest BCUT2D eigenvalue weighted by Crippen LogP contribution is -2.68. The summed E-state index contributed by atoms with van der Waals surface area (Å²) in [5.74, 6) is -3.18. The number of nitrogens with zero attached hydrogens (tertiary/aromatic N) is 3. The monoisotopic (exact) mass is 576 g/mol. The number of para-hydroxylation sites is 2. The minimum absolute atomic E-state index is 0.0852. The number of alkyl halides is 3. The van der Waals surface area contributed by atoms with Crippen molar-refractivity contribution in [2.45, 2.75) is 31.3 Å². The van der Waals surface area contributed by atoms with Gasteiger partial charge in [0, 0.05) is 44.9 Å². The Morgan fingerprint density at radius 3 is 2.20 bits per heavy atom. The van der Waals surface area contributed by atoms with Crippen LogP contribution in [0, 0.1) is 0 Å². The topological polar surface area (TPSA) is 180 Å². The minimum Gasteiger partial charge on any atom is -0.482 e. The van der Waals surface area contributed by atoms with Crippen LogP contribution in [0.5, 0.6) is 5.75 Å². The molecule has 0 aliphatic carbocycles. The van der Waals surface area contributed by atoms with Gasteiger partial charge in [-0.05, 0) is 32.0 Å². The maximum Gasteiger partial charge on any atom is 0.422 e. The van der Waals surface area contributed by atoms with Crippen LogP contribution in [-0.4, -0.2) is 118 Å². The number of urea groups is 1. The number of anilines is 1. The maximum atomic E-state index is 12.5. The normalized spacial score (nSPS) is 22.0. The Balaban J connectivity index is 0.000000611. The Labute approximate surface area is 227 Å². The Morgan fingerprint density at radius 2 is 1.65 bits per heavy atom. The number of amides is 3. The molecule has 2 saturated heterocycles. The van der Waals surface area contributed by atoms with Gasteiger partial charge in [-0.1, -0.05) is 12.1 Å². The van der Waals surface area contributed by atoms with Gasteiger partial charge in [0.2, 0.25) is 0 Å². The van der Waals surface area contributed by atoms with E-state index in [1.807, 2.05) is 4.90 Å². The fourth-order valence-electron chi connectivity index (χ4n) is 3.83. The number of aliphatic carboxylic acids is 2. The highest BCUT2D eigenvalue weighted by molar-refractivity contribution is 6.01. The molecule has 2 heterocycles. The molecule has 3 amide bonds. The van der Waals surface area contributed by atoms with Crippen LogP contribution in [0.15, 0.2) is 36.4 Å². The van der Waals surface area contributed by atoms with Crippen molar-refractivity contribution in [2.24, 2.45) is 0 Å². The first-order chi connectivity index (χ1) is 18.6. The summed E-state index contributed by atoms with van der Waals surface area (Å²) in [4.78, 5) is 48.3. The van der Waals surface area contributed by atoms with Gasteiger partial charge in [0.15, 0.2) is 18.4 Å². The largest absolute Gasteiger partial charge is 0.482 e. The van der Waals surface area contributed by atoms with Crippen LogP contribution >= 0.6 is 0 Å². The van der Waals surface area contributed by atoms with Crippen LogP contribution in [0.1, 0.15) is 13.3 Å². The second kappa shape index (κ2) is 14.0. The number of nitrogens with one attached hydrogen (secondary N) is 1. The highest BCUT2D eigenvalue weighted by Gasteiger charge is 2.48. The number of halogens is 3. The van der Waals surface area contributed by atoms with Gasteiger partial charge in [-0.15, -0.1) is 0 Å². The predicted octanol–water partition coefficient (Wildman–Crippen LogP) is 0.473. The van der Waals surface area contributed by atoms with Crippen molar-refractivity contribution in [1.29, 1.82) is 0 Å². The van der Waals surface area contributed by atoms with Crippen LogP contribution in [0.3, 0.4) is 0 Å². The lowest BCUT2D eigenvalue weighted by atomic mass is 10.0. The second-order valence-corrected chi connectivity index (χ2v) is 9.02. The summed E-state index contributed by atoms with van der Waals surface area (Å²) >= 11 is 0. The van der Waals surface area contributed by atoms with Crippen molar-refractivity contribution in [3.05, 3.63) is 36.4 Å². The molecule has 0 saturated carbocycles. The molecule has 16 heteroatoms. The molecule has 0 unspecified atom stereocenters. The molecule has 0 bridgehead atoms. The SMILES string of the molecule is C[C@@]1(O)C(=O)N(CCCN2CCN(c3ccccc3OCC(F)(F)F)CC2)C(=O)N[C@H]1O.O=C(O)/C=C/C(=O)O. The lowest BCUT2D eigenvalue weighted by molar-refractivity contribution is -0.165. The standard InChI is InChI=1S/C20H27F3N4O5.C4H4O4/c1-19(31)16(28)24-18(30)27(17(19)29)8-4-7-25-9-11-26(12-10-25)14-5-2-3-6-15(14)32-13-20(21,22)23;5-3(6)1-2-4(7)8/h2-3,5-6,16,28,31H,4,7-13H2,1H3,(H,24,30);1-2H,(H,5,6)(H,7,8)/b;2-1+/t16-,19-;/m0./s1. The first-order valence-corrected chi connectivity index (χ1v) is 12.0. The third-order valence-corrected chi connectivity index (χ3v) is 5.91. The highest BCUT2D eigenvalue weighted by Crippen LogP contribution is 2.30. The lowest BCUT2D eigenvalue weighted by Gasteiger charge is -2.39. The van der Waals surface area contributed by atoms with Gasteiger partial charge in [0.25, 0.3) is 5.91 Å². The van der Waals surface area contributed by atoms with Crippen LogP contribution in [0.2, 0.25) is 0 Å². The summed E-state index contributed by atoms with van der Waals surface area (Å²) in [7, 11) is 0. The van der Waals surface area contributed by atoms with E-state index in [9.17, 15) is 42.6 Å². The molecular formula is C24H31F3N4O9. The molecule has 0 radical (unpaired) electrons. The molecule has 1 aromatic carbocycles. The van der Waals surface area contributed by atoms with Crippen LogP contribution < -0.4 is 15.0 Å². The predicted molar refractivity (Wildman–Crippen MR) is 133 cm³/mol. The van der Waals surface area contributed by atoms with Gasteiger partial charge in [-0.3, -0.25) is 14.6 Å². The van der Waals surface area contributed by atoms with Crippen molar-refractivity contribution in [2.75, 3.05) is 50.8 Å². The molecule has 1 aromatic rings. The van der Waals surface area contributed by atoms with Gasteiger partial charge in [0.05, 0.1) is 5.69 Å². The van der Waals surface area contributed by atoms with E-state index >= 15 is 0 Å². The third-order valence-electron chi connectivity index (χ3n) is 5.91. The molecule has 5 N–H and O–H groups in total. The molecular weight excluding hydrogens is 545 g/mol. The van der Waals surface area contributed by atoms with Crippen molar-refractivity contribution < 1.29 is 57.5 Å². The fraction of sp³-hybridized carbons (Fsp3) is 0.500. The molecule has 2 fully saturated rings. The molecule has 40 heavy (non-hydrogen) atoms. The van der Waals surface area contributed by atoms with Gasteiger partial charge in [-0.2, -0.15) is 13.2 Å². The molecule has 13 nitrogen and oxygen atoms in total. The smallest absolute Gasteiger partial charge is 0.422 e. The van der Waals surface area contributed by atoms with E-state index < -0.39 is 48.5 Å². The van der Waals surface area contributed by atoms with E-state index in [-0.39, 0.29) is 12.3 Å². The maximum absolute atomic E-state index is 12.5. The number of carboxylic acid groups (broad SMARTS) is 2. The number of hydrogen-bond donors (Lipinski definition) is 5. The van der Waals surface area contributed by atoms with E-state index in [1.54, 1.807) is 18.2 Å². The number of carbonyl (C=O) groups excluding carboxylic acids is 2. The Bertz CT molecular complexity index is 1070. The Hall–Kier alpha value is -3.89. The van der Waals surface area contributed by atoms with E-state index in [0.717, 1.165) is 11.8 Å². The van der Waals surface area contributed by atoms with Crippen LogP contribution in [0.4, 0.5) is 23.7 Å². The number of ether oxygens (including phenoxy) is 1. The molecule has 0 spiro atoms. The van der Waals surface area contributed by atoms with Crippen molar-refractivity contribution >= 4 is 29.6 Å². The molecule has 222 valence electrons. The average Bonchev–Trinajstić information content (AvgIpc) is 2.88. The van der Waals surface area contributed by atoms with Crippen molar-refractivity contribution in [3.8, 4) is 5.75 Å². The first-order valence-electron chi connectivity index (χ1n) is 12.0. The molecule has 2 atom stereocenters. The number of hydrogen-bond acceptors (Lipinski definition) is 9. The minimum atomic E-state index is -4.41. The van der Waals surface area contributed by atoms with E-state index in [0.29, 0.717) is 57.0 Å². The third kappa shape index (κ3) is 9.69. The zero-order valence-corrected chi connectivity index (χ0v) is 21.5. The van der Waals surface area contributed by atoms with Crippen LogP contribution in [-0.2, 0) is 14.4 Å². The molecule has 0 aromatic heterocycles. The summed E-state index contributed by atoms with van der Waals surface area (Å²) in [6, 6.07) is 5.85. The summed E-state index contributed by atoms with van der Waals surface area (Å²) < 4.78 is 42.5. The summed E-state index contributed by atoms with van der Waals surface area (Å²) in [6.07, 6.45) is -4.49. The first kappa shape index (κ1) is 32.3. The van der Waals surface area contributed by atoms with Gasteiger partial charge >= 0.3 is 24.1 Å². The van der Waals surface area contributed by atoms with E-state index in [2.05, 4.69) is 10.2 Å². The second-order valence-electron chi connectivity index (χ2n) is 9.02. The molecule has 2 aliphatic rings. The van der Waals surface area contributed by atoms with Crippen molar-refractivity contribution in [1.82, 2.24) is 15.1 Å². The number of piperazine rings is 1. The van der Waals surface area contributed by atoms with Crippen molar-refractivity contribution in [3.63, 3.8) is 0 Å². The van der Waals surface area contributed by atoms with Crippen LogP contribution in [0.25, 0.3) is 0 Å². The number of benzene rings is 1. The zero-order chi connectivity index (χ0) is 30.1. The van der Waals surface area contributed by atoms with Gasteiger partial charge in [-0.25, -0.2) is 14.4 Å². The van der Waals surface area contributed by atoms with Gasteiger partial charge in [0.1, 0.15) is 5.75 Å². The molecule has 3 rings (SSSR count). The Morgan fingerprint density at radius 1 is 1.07 bits per heavy atom. The summed E-state index contributed by atoms with van der Waals surface area (Å²) in [5, 5.41) is 37.5. The number of carboxylic acids is 2. The summed E-state index contributed by atoms with van der Waals surface area (Å²) in [5.41, 5.74) is -1.48. The number of aliphatic hydroxyl groups excluding tert-OH is 1.